The Morgan fingerprint density at radius 2 is 1.16 bits per heavy atom. The smallest absolute Gasteiger partial charge is 0.0648 e. The molecule has 4 nitrogen and oxygen atoms in total. The molecular weight excluding hydrogens is 308 g/mol. The minimum absolute atomic E-state index is 0.877. The van der Waals surface area contributed by atoms with Crippen LogP contribution in [0.3, 0.4) is 0 Å². The van der Waals surface area contributed by atoms with E-state index in [-0.39, 0.29) is 0 Å². The lowest BCUT2D eigenvalue weighted by atomic mass is 10.0. The summed E-state index contributed by atoms with van der Waals surface area (Å²) in [7, 11) is 0. The van der Waals surface area contributed by atoms with Gasteiger partial charge >= 0.3 is 0 Å². The largest absolute Gasteiger partial charge is 0.241 e. The van der Waals surface area contributed by atoms with Crippen LogP contribution in [-0.4, -0.2) is 19.6 Å². The van der Waals surface area contributed by atoms with Gasteiger partial charge in [0, 0.05) is 12.4 Å². The first-order valence-electron chi connectivity index (χ1n) is 8.40. The minimum atomic E-state index is 0.877. The highest BCUT2D eigenvalue weighted by atomic mass is 15.3. The number of nitrogens with zero attached hydrogens (tertiary/aromatic N) is 4. The standard InChI is InChI=1S/C21H20N4/c1-16-9-11-24(22-16)20-7-3-5-18(14-20)13-19-6-4-8-21(15-19)25-12-10-17(2)23-25/h3-12,14-15H,13H2,1-2H3. The van der Waals surface area contributed by atoms with Gasteiger partial charge in [0.1, 0.15) is 0 Å². The first-order valence-corrected chi connectivity index (χ1v) is 8.40. The van der Waals surface area contributed by atoms with Gasteiger partial charge in [0.25, 0.3) is 0 Å². The first-order chi connectivity index (χ1) is 12.2. The Labute approximate surface area is 147 Å². The molecule has 0 aliphatic carbocycles. The number of hydrogen-bond acceptors (Lipinski definition) is 2. The van der Waals surface area contributed by atoms with Crippen LogP contribution in [0, 0.1) is 13.8 Å². The van der Waals surface area contributed by atoms with Gasteiger partial charge in [0.05, 0.1) is 22.8 Å². The van der Waals surface area contributed by atoms with E-state index in [0.717, 1.165) is 29.2 Å². The molecule has 0 N–H and O–H groups in total. The summed E-state index contributed by atoms with van der Waals surface area (Å²) >= 11 is 0. The van der Waals surface area contributed by atoms with Gasteiger partial charge in [-0.15, -0.1) is 0 Å². The van der Waals surface area contributed by atoms with Gasteiger partial charge in [0.2, 0.25) is 0 Å². The molecule has 4 aromatic rings. The third-order valence-corrected chi connectivity index (χ3v) is 4.20. The third-order valence-electron chi connectivity index (χ3n) is 4.20. The fourth-order valence-electron chi connectivity index (χ4n) is 2.97. The van der Waals surface area contributed by atoms with E-state index < -0.39 is 0 Å². The van der Waals surface area contributed by atoms with Gasteiger partial charge in [-0.25, -0.2) is 9.36 Å². The van der Waals surface area contributed by atoms with E-state index in [0.29, 0.717) is 0 Å². The molecule has 0 bridgehead atoms. The Kier molecular flexibility index (Phi) is 3.94. The second-order valence-corrected chi connectivity index (χ2v) is 6.32. The van der Waals surface area contributed by atoms with E-state index >= 15 is 0 Å². The third kappa shape index (κ3) is 3.38. The van der Waals surface area contributed by atoms with E-state index in [1.165, 1.54) is 11.1 Å². The van der Waals surface area contributed by atoms with Gasteiger partial charge in [-0.05, 0) is 67.8 Å². The molecular formula is C21H20N4. The average Bonchev–Trinajstić information content (AvgIpc) is 3.24. The Morgan fingerprint density at radius 1 is 0.680 bits per heavy atom. The molecule has 0 unspecified atom stereocenters. The molecule has 0 aliphatic heterocycles. The van der Waals surface area contributed by atoms with Crippen LogP contribution >= 0.6 is 0 Å². The minimum Gasteiger partial charge on any atom is -0.241 e. The predicted octanol–water partition coefficient (Wildman–Crippen LogP) is 4.27. The number of aryl methyl sites for hydroxylation is 2. The Balaban J connectivity index is 1.60. The zero-order valence-corrected chi connectivity index (χ0v) is 14.4. The quantitative estimate of drug-likeness (QED) is 0.561. The van der Waals surface area contributed by atoms with E-state index in [2.05, 4.69) is 58.7 Å². The van der Waals surface area contributed by atoms with Gasteiger partial charge in [-0.2, -0.15) is 10.2 Å². The molecule has 0 radical (unpaired) electrons. The lowest BCUT2D eigenvalue weighted by Gasteiger charge is -2.08. The molecule has 0 aliphatic rings. The second kappa shape index (κ2) is 6.40. The Bertz CT molecular complexity index is 928. The molecule has 4 rings (SSSR count). The lowest BCUT2D eigenvalue weighted by molar-refractivity contribution is 0.858. The van der Waals surface area contributed by atoms with Gasteiger partial charge in [-0.3, -0.25) is 0 Å². The molecule has 0 fully saturated rings. The molecule has 0 atom stereocenters. The topological polar surface area (TPSA) is 35.6 Å². The maximum atomic E-state index is 4.49. The molecule has 25 heavy (non-hydrogen) atoms. The molecule has 2 aromatic heterocycles. The van der Waals surface area contributed by atoms with Crippen LogP contribution in [0.25, 0.3) is 11.4 Å². The highest BCUT2D eigenvalue weighted by molar-refractivity contribution is 5.41. The summed E-state index contributed by atoms with van der Waals surface area (Å²) in [6.45, 7) is 4.01. The maximum Gasteiger partial charge on any atom is 0.0648 e. The van der Waals surface area contributed by atoms with Gasteiger partial charge in [-0.1, -0.05) is 24.3 Å². The van der Waals surface area contributed by atoms with Crippen molar-refractivity contribution in [2.24, 2.45) is 0 Å². The summed E-state index contributed by atoms with van der Waals surface area (Å²) in [5.74, 6) is 0. The van der Waals surface area contributed by atoms with Crippen LogP contribution in [0.15, 0.2) is 73.1 Å². The summed E-state index contributed by atoms with van der Waals surface area (Å²) in [4.78, 5) is 0. The highest BCUT2D eigenvalue weighted by Crippen LogP contribution is 2.17. The fraction of sp³-hybridized carbons (Fsp3) is 0.143. The fourth-order valence-corrected chi connectivity index (χ4v) is 2.97. The van der Waals surface area contributed by atoms with Crippen molar-refractivity contribution in [3.05, 3.63) is 95.6 Å². The van der Waals surface area contributed by atoms with E-state index in [4.69, 9.17) is 0 Å². The van der Waals surface area contributed by atoms with Crippen molar-refractivity contribution in [1.29, 1.82) is 0 Å². The summed E-state index contributed by atoms with van der Waals surface area (Å²) in [6, 6.07) is 21.1. The van der Waals surface area contributed by atoms with Crippen LogP contribution in [0.5, 0.6) is 0 Å². The summed E-state index contributed by atoms with van der Waals surface area (Å²) in [5, 5.41) is 8.98. The van der Waals surface area contributed by atoms with Gasteiger partial charge in [0.15, 0.2) is 0 Å². The van der Waals surface area contributed by atoms with Crippen molar-refractivity contribution < 1.29 is 0 Å². The van der Waals surface area contributed by atoms with Crippen LogP contribution in [-0.2, 0) is 6.42 Å². The summed E-state index contributed by atoms with van der Waals surface area (Å²) in [6.07, 6.45) is 4.87. The molecule has 0 spiro atoms. The molecule has 4 heteroatoms. The summed E-state index contributed by atoms with van der Waals surface area (Å²) < 4.78 is 3.84. The van der Waals surface area contributed by atoms with E-state index in [1.54, 1.807) is 0 Å². The van der Waals surface area contributed by atoms with Crippen LogP contribution in [0.1, 0.15) is 22.5 Å². The average molecular weight is 328 g/mol. The molecule has 2 heterocycles. The maximum absolute atomic E-state index is 4.49. The lowest BCUT2D eigenvalue weighted by Crippen LogP contribution is -1.98. The van der Waals surface area contributed by atoms with Crippen molar-refractivity contribution in [3.63, 3.8) is 0 Å². The van der Waals surface area contributed by atoms with Crippen LogP contribution < -0.4 is 0 Å². The first kappa shape index (κ1) is 15.4. The molecule has 0 saturated carbocycles. The number of hydrogen-bond donors (Lipinski definition) is 0. The normalized spacial score (nSPS) is 11.0. The van der Waals surface area contributed by atoms with E-state index in [9.17, 15) is 0 Å². The number of benzene rings is 2. The number of rotatable bonds is 4. The van der Waals surface area contributed by atoms with Crippen molar-refractivity contribution in [2.75, 3.05) is 0 Å². The zero-order chi connectivity index (χ0) is 17.2. The number of aromatic nitrogens is 4. The monoisotopic (exact) mass is 328 g/mol. The van der Waals surface area contributed by atoms with E-state index in [1.807, 2.05) is 47.7 Å². The second-order valence-electron chi connectivity index (χ2n) is 6.32. The van der Waals surface area contributed by atoms with Crippen LogP contribution in [0.2, 0.25) is 0 Å². The van der Waals surface area contributed by atoms with Crippen molar-refractivity contribution >= 4 is 0 Å². The van der Waals surface area contributed by atoms with Crippen LogP contribution in [0.4, 0.5) is 0 Å². The molecule has 2 aromatic carbocycles. The molecule has 124 valence electrons. The Hall–Kier alpha value is -3.14. The molecule has 0 amide bonds. The zero-order valence-electron chi connectivity index (χ0n) is 14.4. The molecule has 0 saturated heterocycles. The van der Waals surface area contributed by atoms with Crippen molar-refractivity contribution in [3.8, 4) is 11.4 Å². The van der Waals surface area contributed by atoms with Gasteiger partial charge < -0.3 is 0 Å². The van der Waals surface area contributed by atoms with Crippen molar-refractivity contribution in [1.82, 2.24) is 19.6 Å². The Morgan fingerprint density at radius 3 is 1.56 bits per heavy atom. The predicted molar refractivity (Wildman–Crippen MR) is 99.4 cm³/mol. The SMILES string of the molecule is Cc1ccn(-c2cccc(Cc3cccc(-n4ccc(C)n4)c3)c2)n1. The van der Waals surface area contributed by atoms with Crippen molar-refractivity contribution in [2.45, 2.75) is 20.3 Å². The highest BCUT2D eigenvalue weighted by Gasteiger charge is 2.04. The summed E-state index contributed by atoms with van der Waals surface area (Å²) in [5.41, 5.74) is 6.74.